The Morgan fingerprint density at radius 1 is 0.970 bits per heavy atom. The van der Waals surface area contributed by atoms with Gasteiger partial charge in [0.2, 0.25) is 0 Å². The van der Waals surface area contributed by atoms with Crippen molar-refractivity contribution in [3.05, 3.63) is 93.9 Å². The van der Waals surface area contributed by atoms with Gasteiger partial charge in [-0.05, 0) is 72.7 Å². The van der Waals surface area contributed by atoms with Crippen molar-refractivity contribution < 1.29 is 9.59 Å². The average molecular weight is 457 g/mol. The molecule has 2 aromatic carbocycles. The normalized spacial score (nSPS) is 12.7. The number of nitrogens with one attached hydrogen (secondary N) is 2. The van der Waals surface area contributed by atoms with Gasteiger partial charge >= 0.3 is 0 Å². The van der Waals surface area contributed by atoms with Crippen LogP contribution in [-0.4, -0.2) is 21.4 Å². The summed E-state index contributed by atoms with van der Waals surface area (Å²) in [6.07, 6.45) is 5.47. The number of aromatic nitrogens is 2. The molecule has 5 rings (SSSR count). The van der Waals surface area contributed by atoms with Gasteiger partial charge in [-0.25, -0.2) is 4.98 Å². The van der Waals surface area contributed by atoms with Crippen LogP contribution in [0.25, 0.3) is 11.4 Å². The van der Waals surface area contributed by atoms with Gasteiger partial charge < -0.3 is 15.2 Å². The highest BCUT2D eigenvalue weighted by atomic mass is 32.1. The first-order valence-electron chi connectivity index (χ1n) is 11.0. The lowest BCUT2D eigenvalue weighted by Gasteiger charge is -2.16. The highest BCUT2D eigenvalue weighted by Crippen LogP contribution is 2.25. The SMILES string of the molecule is O=C(Nc1ccc(-c2ncc3n2CCCC3)cc1)c1ccc(CNC(=O)c2cccs2)cc1. The van der Waals surface area contributed by atoms with Gasteiger partial charge in [0, 0.05) is 41.8 Å². The lowest BCUT2D eigenvalue weighted by atomic mass is 10.1. The van der Waals surface area contributed by atoms with Gasteiger partial charge in [0.05, 0.1) is 4.88 Å². The molecule has 0 unspecified atom stereocenters. The van der Waals surface area contributed by atoms with Crippen molar-refractivity contribution >= 4 is 28.8 Å². The number of fused-ring (bicyclic) bond motifs is 1. The third kappa shape index (κ3) is 4.73. The minimum absolute atomic E-state index is 0.0916. The number of aryl methyl sites for hydroxylation is 1. The molecule has 0 fully saturated rings. The molecule has 3 heterocycles. The summed E-state index contributed by atoms with van der Waals surface area (Å²) in [6, 6.07) is 18.7. The molecule has 6 nitrogen and oxygen atoms in total. The summed E-state index contributed by atoms with van der Waals surface area (Å²) in [5.74, 6) is 0.727. The first-order valence-corrected chi connectivity index (χ1v) is 11.9. The van der Waals surface area contributed by atoms with Gasteiger partial charge in [-0.3, -0.25) is 9.59 Å². The maximum Gasteiger partial charge on any atom is 0.261 e. The van der Waals surface area contributed by atoms with E-state index in [1.165, 1.54) is 29.9 Å². The molecule has 0 saturated heterocycles. The summed E-state index contributed by atoms with van der Waals surface area (Å²) in [6.45, 7) is 1.43. The molecule has 33 heavy (non-hydrogen) atoms. The predicted octanol–water partition coefficient (Wildman–Crippen LogP) is 5.13. The minimum atomic E-state index is -0.171. The zero-order chi connectivity index (χ0) is 22.6. The topological polar surface area (TPSA) is 76.0 Å². The minimum Gasteiger partial charge on any atom is -0.347 e. The van der Waals surface area contributed by atoms with Crippen LogP contribution in [0.3, 0.4) is 0 Å². The predicted molar refractivity (Wildman–Crippen MR) is 130 cm³/mol. The second kappa shape index (κ2) is 9.42. The Bertz CT molecular complexity index is 1260. The maximum atomic E-state index is 12.7. The fraction of sp³-hybridized carbons (Fsp3) is 0.192. The molecule has 1 aliphatic heterocycles. The second-order valence-corrected chi connectivity index (χ2v) is 9.02. The van der Waals surface area contributed by atoms with Crippen LogP contribution in [-0.2, 0) is 19.5 Å². The van der Waals surface area contributed by atoms with Crippen molar-refractivity contribution in [2.24, 2.45) is 0 Å². The molecular formula is C26H24N4O2S. The molecular weight excluding hydrogens is 432 g/mol. The van der Waals surface area contributed by atoms with E-state index in [0.717, 1.165) is 35.6 Å². The molecule has 7 heteroatoms. The molecule has 4 aromatic rings. The van der Waals surface area contributed by atoms with Crippen molar-refractivity contribution in [1.29, 1.82) is 0 Å². The Hall–Kier alpha value is -3.71. The summed E-state index contributed by atoms with van der Waals surface area (Å²) in [5.41, 5.74) is 4.58. The summed E-state index contributed by atoms with van der Waals surface area (Å²) < 4.78 is 2.29. The lowest BCUT2D eigenvalue weighted by molar-refractivity contribution is 0.0953. The van der Waals surface area contributed by atoms with E-state index in [1.807, 2.05) is 54.0 Å². The van der Waals surface area contributed by atoms with Crippen LogP contribution in [0.4, 0.5) is 5.69 Å². The van der Waals surface area contributed by atoms with Crippen molar-refractivity contribution in [1.82, 2.24) is 14.9 Å². The number of carbonyl (C=O) groups is 2. The third-order valence-corrected chi connectivity index (χ3v) is 6.69. The molecule has 1 aliphatic rings. The number of thiophene rings is 1. The smallest absolute Gasteiger partial charge is 0.261 e. The summed E-state index contributed by atoms with van der Waals surface area (Å²) >= 11 is 1.41. The number of carbonyl (C=O) groups excluding carboxylic acids is 2. The van der Waals surface area contributed by atoms with Crippen LogP contribution in [0.15, 0.2) is 72.2 Å². The Morgan fingerprint density at radius 3 is 2.55 bits per heavy atom. The first kappa shape index (κ1) is 21.2. The Morgan fingerprint density at radius 2 is 1.79 bits per heavy atom. The van der Waals surface area contributed by atoms with Crippen LogP contribution in [0, 0.1) is 0 Å². The van der Waals surface area contributed by atoms with Crippen LogP contribution in [0.1, 0.15) is 44.1 Å². The van der Waals surface area contributed by atoms with Gasteiger partial charge in [-0.15, -0.1) is 11.3 Å². The standard InChI is InChI=1S/C26H24N4O2S/c31-25(20-8-6-18(7-9-20)16-28-26(32)23-5-3-15-33-23)29-21-12-10-19(11-13-21)24-27-17-22-4-1-2-14-30(22)24/h3,5-13,15,17H,1-2,4,14,16H2,(H,28,32)(H,29,31). The van der Waals surface area contributed by atoms with Crippen molar-refractivity contribution in [2.45, 2.75) is 32.4 Å². The maximum absolute atomic E-state index is 12.7. The van der Waals surface area contributed by atoms with Crippen molar-refractivity contribution in [3.8, 4) is 11.4 Å². The van der Waals surface area contributed by atoms with E-state index < -0.39 is 0 Å². The molecule has 166 valence electrons. The van der Waals surface area contributed by atoms with E-state index in [1.54, 1.807) is 18.2 Å². The van der Waals surface area contributed by atoms with E-state index in [9.17, 15) is 9.59 Å². The third-order valence-electron chi connectivity index (χ3n) is 5.82. The van der Waals surface area contributed by atoms with Gasteiger partial charge in [-0.2, -0.15) is 0 Å². The number of rotatable bonds is 6. The van der Waals surface area contributed by atoms with E-state index in [4.69, 9.17) is 0 Å². The fourth-order valence-electron chi connectivity index (χ4n) is 4.02. The quantitative estimate of drug-likeness (QED) is 0.422. The zero-order valence-electron chi connectivity index (χ0n) is 18.1. The van der Waals surface area contributed by atoms with Crippen molar-refractivity contribution in [2.75, 3.05) is 5.32 Å². The fourth-order valence-corrected chi connectivity index (χ4v) is 4.66. The molecule has 2 aromatic heterocycles. The lowest BCUT2D eigenvalue weighted by Crippen LogP contribution is -2.21. The molecule has 0 aliphatic carbocycles. The van der Waals surface area contributed by atoms with Crippen LogP contribution in [0.2, 0.25) is 0 Å². The highest BCUT2D eigenvalue weighted by molar-refractivity contribution is 7.12. The van der Waals surface area contributed by atoms with Crippen LogP contribution < -0.4 is 10.6 Å². The summed E-state index contributed by atoms with van der Waals surface area (Å²) in [5, 5.41) is 7.71. The molecule has 0 saturated carbocycles. The first-order chi connectivity index (χ1) is 16.2. The zero-order valence-corrected chi connectivity index (χ0v) is 18.9. The van der Waals surface area contributed by atoms with E-state index in [0.29, 0.717) is 17.0 Å². The monoisotopic (exact) mass is 456 g/mol. The largest absolute Gasteiger partial charge is 0.347 e. The van der Waals surface area contributed by atoms with E-state index in [-0.39, 0.29) is 11.8 Å². The summed E-state index contributed by atoms with van der Waals surface area (Å²) in [4.78, 5) is 30.0. The number of imidazole rings is 1. The highest BCUT2D eigenvalue weighted by Gasteiger charge is 2.15. The number of benzene rings is 2. The molecule has 2 amide bonds. The molecule has 0 radical (unpaired) electrons. The number of hydrogen-bond acceptors (Lipinski definition) is 4. The summed E-state index contributed by atoms with van der Waals surface area (Å²) in [7, 11) is 0. The Kier molecular flexibility index (Phi) is 6.04. The van der Waals surface area contributed by atoms with Gasteiger partial charge in [-0.1, -0.05) is 18.2 Å². The van der Waals surface area contributed by atoms with Gasteiger partial charge in [0.1, 0.15) is 5.82 Å². The Balaban J connectivity index is 1.19. The van der Waals surface area contributed by atoms with E-state index in [2.05, 4.69) is 20.2 Å². The van der Waals surface area contributed by atoms with Crippen LogP contribution >= 0.6 is 11.3 Å². The number of hydrogen-bond donors (Lipinski definition) is 2. The van der Waals surface area contributed by atoms with E-state index >= 15 is 0 Å². The average Bonchev–Trinajstić information content (AvgIpc) is 3.54. The van der Waals surface area contributed by atoms with Gasteiger partial charge in [0.15, 0.2) is 0 Å². The van der Waals surface area contributed by atoms with Gasteiger partial charge in [0.25, 0.3) is 11.8 Å². The van der Waals surface area contributed by atoms with Crippen molar-refractivity contribution in [3.63, 3.8) is 0 Å². The molecule has 2 N–H and O–H groups in total. The molecule has 0 spiro atoms. The molecule has 0 atom stereocenters. The molecule has 0 bridgehead atoms. The number of amides is 2. The number of nitrogens with zero attached hydrogens (tertiary/aromatic N) is 2. The van der Waals surface area contributed by atoms with Crippen LogP contribution in [0.5, 0.6) is 0 Å². The second-order valence-electron chi connectivity index (χ2n) is 8.07. The number of anilines is 1. The Labute approximate surface area is 196 Å².